The number of aliphatic hydroxyl groups excluding tert-OH is 1. The summed E-state index contributed by atoms with van der Waals surface area (Å²) in [6, 6.07) is 0. The van der Waals surface area contributed by atoms with E-state index in [-0.39, 0.29) is 23.5 Å². The van der Waals surface area contributed by atoms with Gasteiger partial charge >= 0.3 is 0 Å². The Morgan fingerprint density at radius 3 is 2.28 bits per heavy atom. The van der Waals surface area contributed by atoms with Gasteiger partial charge in [-0.05, 0) is 25.8 Å². The maximum absolute atomic E-state index is 11.3. The van der Waals surface area contributed by atoms with Gasteiger partial charge in [0.15, 0.2) is 0 Å². The quantitative estimate of drug-likeness (QED) is 0.747. The number of hydrogen-bond donors (Lipinski definition) is 1. The first kappa shape index (κ1) is 14.2. The van der Waals surface area contributed by atoms with E-state index in [2.05, 4.69) is 16.8 Å². The van der Waals surface area contributed by atoms with Crippen LogP contribution in [0.15, 0.2) is 0 Å². The molecule has 1 N–H and O–H groups in total. The van der Waals surface area contributed by atoms with Crippen LogP contribution < -0.4 is 0 Å². The van der Waals surface area contributed by atoms with Crippen molar-refractivity contribution in [3.63, 3.8) is 0 Å². The molecule has 0 spiro atoms. The topological polar surface area (TPSA) is 60.9 Å². The zero-order chi connectivity index (χ0) is 13.2. The minimum absolute atomic E-state index is 0.160. The Kier molecular flexibility index (Phi) is 4.64. The first-order valence-electron chi connectivity index (χ1n) is 6.76. The molecule has 1 unspecified atom stereocenters. The average Bonchev–Trinajstić information content (AvgIpc) is 2.32. The number of hydrogen-bond acceptors (Lipinski definition) is 5. The van der Waals surface area contributed by atoms with Crippen molar-refractivity contribution in [1.29, 1.82) is 0 Å². The van der Waals surface area contributed by atoms with Crippen LogP contribution in [0.4, 0.5) is 0 Å². The van der Waals surface area contributed by atoms with Gasteiger partial charge in [0, 0.05) is 32.7 Å². The molecule has 0 aromatic carbocycles. The smallest absolute Gasteiger partial charge is 0.150 e. The summed E-state index contributed by atoms with van der Waals surface area (Å²) < 4.78 is 22.7. The second kappa shape index (κ2) is 5.86. The second-order valence-electron chi connectivity index (χ2n) is 5.66. The van der Waals surface area contributed by atoms with Crippen LogP contribution >= 0.6 is 0 Å². The summed E-state index contributed by atoms with van der Waals surface area (Å²) in [5, 5.41) is 10.2. The molecule has 0 bridgehead atoms. The number of piperazine rings is 1. The Morgan fingerprint density at radius 1 is 1.17 bits per heavy atom. The number of aliphatic hydroxyl groups is 1. The van der Waals surface area contributed by atoms with E-state index < -0.39 is 9.84 Å². The lowest BCUT2D eigenvalue weighted by Gasteiger charge is -2.36. The standard InChI is InChI=1S/C12H24N2O3S/c1-13-4-6-14(7-5-13)10-12(15)11-2-8-18(16,17)9-3-11/h11-12,15H,2-10H2,1H3. The first-order valence-corrected chi connectivity index (χ1v) is 8.58. The van der Waals surface area contributed by atoms with E-state index in [1.807, 2.05) is 0 Å². The van der Waals surface area contributed by atoms with E-state index in [4.69, 9.17) is 0 Å². The van der Waals surface area contributed by atoms with Gasteiger partial charge in [-0.25, -0.2) is 8.42 Å². The summed E-state index contributed by atoms with van der Waals surface area (Å²) in [6.45, 7) is 4.78. The normalized spacial score (nSPS) is 29.2. The summed E-state index contributed by atoms with van der Waals surface area (Å²) in [5.41, 5.74) is 0. The molecule has 0 aromatic heterocycles. The van der Waals surface area contributed by atoms with Crippen LogP contribution in [0.3, 0.4) is 0 Å². The fourth-order valence-electron chi connectivity index (χ4n) is 2.74. The molecule has 5 nitrogen and oxygen atoms in total. The van der Waals surface area contributed by atoms with Crippen molar-refractivity contribution < 1.29 is 13.5 Å². The lowest BCUT2D eigenvalue weighted by Crippen LogP contribution is -2.48. The van der Waals surface area contributed by atoms with E-state index in [0.29, 0.717) is 19.4 Å². The zero-order valence-electron chi connectivity index (χ0n) is 11.1. The van der Waals surface area contributed by atoms with E-state index in [1.54, 1.807) is 0 Å². The first-order chi connectivity index (χ1) is 8.46. The highest BCUT2D eigenvalue weighted by atomic mass is 32.2. The summed E-state index contributed by atoms with van der Waals surface area (Å²) >= 11 is 0. The Labute approximate surface area is 110 Å². The van der Waals surface area contributed by atoms with Gasteiger partial charge in [0.05, 0.1) is 17.6 Å². The van der Waals surface area contributed by atoms with Crippen LogP contribution in [-0.2, 0) is 9.84 Å². The van der Waals surface area contributed by atoms with Crippen LogP contribution in [-0.4, -0.2) is 80.7 Å². The molecule has 0 aromatic rings. The Morgan fingerprint density at radius 2 is 1.72 bits per heavy atom. The van der Waals surface area contributed by atoms with E-state index in [9.17, 15) is 13.5 Å². The number of sulfone groups is 1. The van der Waals surface area contributed by atoms with E-state index in [1.165, 1.54) is 0 Å². The fraction of sp³-hybridized carbons (Fsp3) is 1.00. The molecule has 1 atom stereocenters. The molecular formula is C12H24N2O3S. The minimum Gasteiger partial charge on any atom is -0.392 e. The van der Waals surface area contributed by atoms with Gasteiger partial charge < -0.3 is 10.0 Å². The SMILES string of the molecule is CN1CCN(CC(O)C2CCS(=O)(=O)CC2)CC1. The highest BCUT2D eigenvalue weighted by molar-refractivity contribution is 7.91. The van der Waals surface area contributed by atoms with Crippen molar-refractivity contribution in [2.24, 2.45) is 5.92 Å². The minimum atomic E-state index is -2.82. The molecule has 2 heterocycles. The predicted molar refractivity (Wildman–Crippen MR) is 71.3 cm³/mol. The van der Waals surface area contributed by atoms with Gasteiger partial charge in [-0.2, -0.15) is 0 Å². The van der Waals surface area contributed by atoms with Crippen molar-refractivity contribution in [3.05, 3.63) is 0 Å². The molecule has 2 saturated heterocycles. The number of nitrogens with zero attached hydrogens (tertiary/aromatic N) is 2. The Hall–Kier alpha value is -0.170. The summed E-state index contributed by atoms with van der Waals surface area (Å²) in [5.74, 6) is 0.655. The number of rotatable bonds is 3. The number of likely N-dealkylation sites (N-methyl/N-ethyl adjacent to an activating group) is 1. The zero-order valence-corrected chi connectivity index (χ0v) is 11.9. The molecule has 2 aliphatic heterocycles. The van der Waals surface area contributed by atoms with Crippen LogP contribution in [0.1, 0.15) is 12.8 Å². The lowest BCUT2D eigenvalue weighted by molar-refractivity contribution is 0.0419. The van der Waals surface area contributed by atoms with E-state index in [0.717, 1.165) is 26.2 Å². The van der Waals surface area contributed by atoms with Crippen molar-refractivity contribution in [3.8, 4) is 0 Å². The van der Waals surface area contributed by atoms with Gasteiger partial charge in [-0.15, -0.1) is 0 Å². The summed E-state index contributed by atoms with van der Waals surface area (Å²) in [6.07, 6.45) is 0.873. The molecule has 0 aliphatic carbocycles. The van der Waals surface area contributed by atoms with Gasteiger partial charge in [0.25, 0.3) is 0 Å². The molecule has 0 saturated carbocycles. The van der Waals surface area contributed by atoms with Crippen molar-refractivity contribution >= 4 is 9.84 Å². The Balaban J connectivity index is 1.76. The third-order valence-electron chi connectivity index (χ3n) is 4.18. The summed E-state index contributed by atoms with van der Waals surface area (Å²) in [7, 11) is -0.710. The van der Waals surface area contributed by atoms with Gasteiger partial charge in [-0.3, -0.25) is 4.90 Å². The molecule has 6 heteroatoms. The highest BCUT2D eigenvalue weighted by Gasteiger charge is 2.29. The van der Waals surface area contributed by atoms with Gasteiger partial charge in [-0.1, -0.05) is 0 Å². The van der Waals surface area contributed by atoms with Crippen LogP contribution in [0.2, 0.25) is 0 Å². The highest BCUT2D eigenvalue weighted by Crippen LogP contribution is 2.22. The van der Waals surface area contributed by atoms with Crippen molar-refractivity contribution in [2.75, 3.05) is 51.3 Å². The van der Waals surface area contributed by atoms with Crippen LogP contribution in [0.5, 0.6) is 0 Å². The van der Waals surface area contributed by atoms with Crippen molar-refractivity contribution in [1.82, 2.24) is 9.80 Å². The Bertz CT molecular complexity index is 350. The molecular weight excluding hydrogens is 252 g/mol. The van der Waals surface area contributed by atoms with Gasteiger partial charge in [0.1, 0.15) is 9.84 Å². The van der Waals surface area contributed by atoms with Crippen LogP contribution in [0, 0.1) is 5.92 Å². The third kappa shape index (κ3) is 3.91. The molecule has 18 heavy (non-hydrogen) atoms. The monoisotopic (exact) mass is 276 g/mol. The summed E-state index contributed by atoms with van der Waals surface area (Å²) in [4.78, 5) is 4.57. The van der Waals surface area contributed by atoms with Crippen molar-refractivity contribution in [2.45, 2.75) is 18.9 Å². The second-order valence-corrected chi connectivity index (χ2v) is 7.96. The molecule has 2 rings (SSSR count). The molecule has 106 valence electrons. The fourth-order valence-corrected chi connectivity index (χ4v) is 4.26. The molecule has 0 amide bonds. The maximum atomic E-state index is 11.3. The third-order valence-corrected chi connectivity index (χ3v) is 5.90. The molecule has 0 radical (unpaired) electrons. The predicted octanol–water partition coefficient (Wildman–Crippen LogP) is -0.580. The maximum Gasteiger partial charge on any atom is 0.150 e. The van der Waals surface area contributed by atoms with Gasteiger partial charge in [0.2, 0.25) is 0 Å². The largest absolute Gasteiger partial charge is 0.392 e. The average molecular weight is 276 g/mol. The van der Waals surface area contributed by atoms with Crippen LogP contribution in [0.25, 0.3) is 0 Å². The number of β-amino-alcohol motifs (C(OH)–C–C–N with tert-alkyl or cyclic N) is 1. The molecule has 2 fully saturated rings. The van der Waals surface area contributed by atoms with E-state index >= 15 is 0 Å². The molecule has 2 aliphatic rings. The lowest BCUT2D eigenvalue weighted by atomic mass is 9.95.